The predicted octanol–water partition coefficient (Wildman–Crippen LogP) is 4.47. The molecule has 1 fully saturated rings. The number of fused-ring (bicyclic) bond motifs is 1. The van der Waals surface area contributed by atoms with Crippen LogP contribution < -0.4 is 5.32 Å². The number of carbonyl (C=O) groups excluding carboxylic acids is 1. The van der Waals surface area contributed by atoms with Crippen LogP contribution in [0.25, 0.3) is 10.9 Å². The van der Waals surface area contributed by atoms with Gasteiger partial charge in [0.1, 0.15) is 0 Å². The van der Waals surface area contributed by atoms with Crippen molar-refractivity contribution in [3.05, 3.63) is 71.9 Å². The maximum absolute atomic E-state index is 12.5. The summed E-state index contributed by atoms with van der Waals surface area (Å²) in [6, 6.07) is 19.0. The van der Waals surface area contributed by atoms with Crippen LogP contribution in [0.4, 0.5) is 0 Å². The predicted molar refractivity (Wildman–Crippen MR) is 119 cm³/mol. The zero-order valence-electron chi connectivity index (χ0n) is 17.4. The third kappa shape index (κ3) is 4.08. The fourth-order valence-electron chi connectivity index (χ4n) is 4.87. The van der Waals surface area contributed by atoms with Crippen LogP contribution in [0.3, 0.4) is 0 Å². The van der Waals surface area contributed by atoms with Crippen molar-refractivity contribution in [1.82, 2.24) is 15.2 Å². The molecule has 4 rings (SSSR count). The molecule has 1 aliphatic carbocycles. The van der Waals surface area contributed by atoms with E-state index < -0.39 is 0 Å². The molecule has 0 spiro atoms. The lowest BCUT2D eigenvalue weighted by molar-refractivity contribution is -0.120. The second-order valence-electron chi connectivity index (χ2n) is 8.58. The quantitative estimate of drug-likeness (QED) is 0.653. The van der Waals surface area contributed by atoms with Crippen LogP contribution in [0.1, 0.15) is 36.8 Å². The molecule has 2 aromatic carbocycles. The van der Waals surface area contributed by atoms with Gasteiger partial charge in [-0.2, -0.15) is 0 Å². The zero-order valence-corrected chi connectivity index (χ0v) is 17.4. The van der Waals surface area contributed by atoms with Gasteiger partial charge < -0.3 is 10.3 Å². The number of aromatic nitrogens is 1. The van der Waals surface area contributed by atoms with Crippen LogP contribution in [-0.2, 0) is 16.8 Å². The monoisotopic (exact) mass is 389 g/mol. The summed E-state index contributed by atoms with van der Waals surface area (Å²) in [7, 11) is 4.38. The summed E-state index contributed by atoms with van der Waals surface area (Å²) in [4.78, 5) is 18.2. The number of rotatable bonds is 6. The average molecular weight is 390 g/mol. The molecular formula is C25H31N3O. The summed E-state index contributed by atoms with van der Waals surface area (Å²) < 4.78 is 0. The van der Waals surface area contributed by atoms with Gasteiger partial charge in [-0.3, -0.25) is 9.69 Å². The maximum atomic E-state index is 12.5. The second kappa shape index (κ2) is 8.42. The molecule has 3 aromatic rings. The van der Waals surface area contributed by atoms with Gasteiger partial charge in [-0.1, -0.05) is 48.5 Å². The van der Waals surface area contributed by atoms with E-state index >= 15 is 0 Å². The largest absolute Gasteiger partial charge is 0.361 e. The number of nitrogens with zero attached hydrogens (tertiary/aromatic N) is 1. The molecule has 0 aliphatic heterocycles. The van der Waals surface area contributed by atoms with Crippen LogP contribution in [-0.4, -0.2) is 36.4 Å². The van der Waals surface area contributed by atoms with Gasteiger partial charge in [-0.25, -0.2) is 0 Å². The van der Waals surface area contributed by atoms with Gasteiger partial charge in [-0.05, 0) is 62.9 Å². The molecule has 1 heterocycles. The van der Waals surface area contributed by atoms with Gasteiger partial charge >= 0.3 is 0 Å². The van der Waals surface area contributed by atoms with Gasteiger partial charge in [-0.15, -0.1) is 0 Å². The van der Waals surface area contributed by atoms with E-state index in [2.05, 4.69) is 65.7 Å². The summed E-state index contributed by atoms with van der Waals surface area (Å²) >= 11 is 0. The fraction of sp³-hybridized carbons (Fsp3) is 0.400. The first-order valence-electron chi connectivity index (χ1n) is 10.6. The van der Waals surface area contributed by atoms with E-state index in [1.165, 1.54) is 5.56 Å². The Morgan fingerprint density at radius 3 is 2.48 bits per heavy atom. The third-order valence-electron chi connectivity index (χ3n) is 6.71. The number of aromatic amines is 1. The lowest BCUT2D eigenvalue weighted by atomic mass is 9.72. The summed E-state index contributed by atoms with van der Waals surface area (Å²) in [5, 5.41) is 4.32. The molecule has 0 unspecified atom stereocenters. The number of carbonyl (C=O) groups is 1. The minimum absolute atomic E-state index is 0.113. The molecule has 1 saturated carbocycles. The molecular weight excluding hydrogens is 358 g/mol. The van der Waals surface area contributed by atoms with Crippen LogP contribution in [0.5, 0.6) is 0 Å². The van der Waals surface area contributed by atoms with E-state index in [-0.39, 0.29) is 11.4 Å². The molecule has 0 saturated heterocycles. The Hall–Kier alpha value is -2.59. The highest BCUT2D eigenvalue weighted by atomic mass is 16.1. The number of H-pyrrole nitrogens is 1. The van der Waals surface area contributed by atoms with E-state index in [0.717, 1.165) is 48.7 Å². The standard InChI is InChI=1S/C25H31N3O/c1-28(2)25(21-8-4-3-5-9-21)14-12-19(13-15-25)17-27-24(29)16-20-18-26-23-11-7-6-10-22(20)23/h3-11,18-19,26H,12-17H2,1-2H3,(H,27,29). The lowest BCUT2D eigenvalue weighted by Crippen LogP contribution is -2.45. The van der Waals surface area contributed by atoms with Crippen LogP contribution in [0, 0.1) is 5.92 Å². The summed E-state index contributed by atoms with van der Waals surface area (Å²) in [5.74, 6) is 0.668. The lowest BCUT2D eigenvalue weighted by Gasteiger charge is -2.45. The van der Waals surface area contributed by atoms with Crippen LogP contribution in [0.15, 0.2) is 60.8 Å². The normalized spacial score (nSPS) is 22.1. The van der Waals surface area contributed by atoms with E-state index in [9.17, 15) is 4.79 Å². The van der Waals surface area contributed by atoms with Crippen molar-refractivity contribution in [1.29, 1.82) is 0 Å². The van der Waals surface area contributed by atoms with Crippen LogP contribution >= 0.6 is 0 Å². The smallest absolute Gasteiger partial charge is 0.224 e. The van der Waals surface area contributed by atoms with Crippen molar-refractivity contribution in [2.45, 2.75) is 37.6 Å². The average Bonchev–Trinajstić information content (AvgIpc) is 3.16. The Kier molecular flexibility index (Phi) is 5.72. The summed E-state index contributed by atoms with van der Waals surface area (Å²) in [6.45, 7) is 0.777. The van der Waals surface area contributed by atoms with Gasteiger partial charge in [0.2, 0.25) is 5.91 Å². The Labute approximate surface area is 173 Å². The minimum atomic E-state index is 0.113. The van der Waals surface area contributed by atoms with E-state index in [1.54, 1.807) is 0 Å². The van der Waals surface area contributed by atoms with Crippen LogP contribution in [0.2, 0.25) is 0 Å². The number of para-hydroxylation sites is 1. The van der Waals surface area contributed by atoms with Crippen molar-refractivity contribution in [2.24, 2.45) is 5.92 Å². The Balaban J connectivity index is 1.32. The molecule has 29 heavy (non-hydrogen) atoms. The van der Waals surface area contributed by atoms with Crippen molar-refractivity contribution >= 4 is 16.8 Å². The second-order valence-corrected chi connectivity index (χ2v) is 8.58. The highest BCUT2D eigenvalue weighted by Gasteiger charge is 2.38. The van der Waals surface area contributed by atoms with E-state index in [1.807, 2.05) is 24.4 Å². The van der Waals surface area contributed by atoms with Crippen molar-refractivity contribution < 1.29 is 4.79 Å². The minimum Gasteiger partial charge on any atom is -0.361 e. The van der Waals surface area contributed by atoms with Crippen molar-refractivity contribution in [3.63, 3.8) is 0 Å². The molecule has 1 aliphatic rings. The first kappa shape index (κ1) is 19.7. The van der Waals surface area contributed by atoms with E-state index in [0.29, 0.717) is 12.3 Å². The molecule has 4 heteroatoms. The number of hydrogen-bond donors (Lipinski definition) is 2. The molecule has 2 N–H and O–H groups in total. The van der Waals surface area contributed by atoms with Crippen molar-refractivity contribution in [2.75, 3.05) is 20.6 Å². The Bertz CT molecular complexity index is 952. The Morgan fingerprint density at radius 1 is 1.07 bits per heavy atom. The van der Waals surface area contributed by atoms with E-state index in [4.69, 9.17) is 0 Å². The Morgan fingerprint density at radius 2 is 1.76 bits per heavy atom. The molecule has 4 nitrogen and oxygen atoms in total. The summed E-state index contributed by atoms with van der Waals surface area (Å²) in [6.07, 6.45) is 6.93. The first-order chi connectivity index (χ1) is 14.1. The fourth-order valence-corrected chi connectivity index (χ4v) is 4.87. The molecule has 152 valence electrons. The molecule has 0 bridgehead atoms. The summed E-state index contributed by atoms with van der Waals surface area (Å²) in [5.41, 5.74) is 3.68. The topological polar surface area (TPSA) is 48.1 Å². The number of amides is 1. The van der Waals surface area contributed by atoms with Crippen molar-refractivity contribution in [3.8, 4) is 0 Å². The molecule has 0 radical (unpaired) electrons. The first-order valence-corrected chi connectivity index (χ1v) is 10.6. The highest BCUT2D eigenvalue weighted by Crippen LogP contribution is 2.42. The zero-order chi connectivity index (χ0) is 20.3. The number of nitrogens with one attached hydrogen (secondary N) is 2. The van der Waals surface area contributed by atoms with Gasteiger partial charge in [0.05, 0.1) is 6.42 Å². The van der Waals surface area contributed by atoms with Gasteiger partial charge in [0.15, 0.2) is 0 Å². The maximum Gasteiger partial charge on any atom is 0.224 e. The molecule has 1 amide bonds. The number of benzene rings is 2. The SMILES string of the molecule is CN(C)C1(c2ccccc2)CCC(CNC(=O)Cc2c[nH]c3ccccc23)CC1. The van der Waals surface area contributed by atoms with Gasteiger partial charge in [0, 0.05) is 29.2 Å². The molecule has 0 atom stereocenters. The highest BCUT2D eigenvalue weighted by molar-refractivity contribution is 5.88. The van der Waals surface area contributed by atoms with Gasteiger partial charge in [0.25, 0.3) is 0 Å². The molecule has 1 aromatic heterocycles. The third-order valence-corrected chi connectivity index (χ3v) is 6.71. The number of hydrogen-bond acceptors (Lipinski definition) is 2.